The molecule has 1 aliphatic heterocycles. The molecule has 3 nitrogen and oxygen atoms in total. The van der Waals surface area contributed by atoms with E-state index in [0.717, 1.165) is 45.3 Å². The Morgan fingerprint density at radius 1 is 1.18 bits per heavy atom. The summed E-state index contributed by atoms with van der Waals surface area (Å²) in [4.78, 5) is 15.4. The van der Waals surface area contributed by atoms with Crippen LogP contribution >= 0.6 is 0 Å². The van der Waals surface area contributed by atoms with E-state index in [0.29, 0.717) is 11.8 Å². The number of carbonyl (C=O) groups is 1. The lowest BCUT2D eigenvalue weighted by molar-refractivity contribution is -0.139. The van der Waals surface area contributed by atoms with E-state index in [1.54, 1.807) is 0 Å². The normalized spacial score (nSPS) is 16.8. The van der Waals surface area contributed by atoms with Gasteiger partial charge < -0.3 is 10.2 Å². The van der Waals surface area contributed by atoms with Gasteiger partial charge in [-0.05, 0) is 50.8 Å². The molecule has 3 heteroatoms. The molecule has 0 bridgehead atoms. The molecule has 1 aromatic rings. The van der Waals surface area contributed by atoms with Crippen molar-refractivity contribution in [3.8, 4) is 0 Å². The zero-order valence-corrected chi connectivity index (χ0v) is 14.3. The van der Waals surface area contributed by atoms with Crippen LogP contribution in [-0.4, -0.2) is 37.5 Å². The second kappa shape index (κ2) is 7.77. The molecular weight excluding hydrogens is 272 g/mol. The van der Waals surface area contributed by atoms with Crippen molar-refractivity contribution >= 4 is 5.91 Å². The maximum atomic E-state index is 13.3. The number of carbonyl (C=O) groups excluding carboxylic acids is 1. The fraction of sp³-hybridized carbons (Fsp3) is 0.632. The summed E-state index contributed by atoms with van der Waals surface area (Å²) in [7, 11) is 2.01. The van der Waals surface area contributed by atoms with Gasteiger partial charge in [-0.15, -0.1) is 0 Å². The molecule has 1 amide bonds. The Hall–Kier alpha value is -1.35. The Kier molecular flexibility index (Phi) is 6.01. The van der Waals surface area contributed by atoms with Crippen LogP contribution in [0.15, 0.2) is 30.3 Å². The number of benzene rings is 1. The number of nitrogens with one attached hydrogen (secondary N) is 1. The molecule has 0 radical (unpaired) electrons. The minimum absolute atomic E-state index is 0.326. The highest BCUT2D eigenvalue weighted by Crippen LogP contribution is 2.35. The molecule has 1 aromatic carbocycles. The highest BCUT2D eigenvalue weighted by molar-refractivity contribution is 5.88. The summed E-state index contributed by atoms with van der Waals surface area (Å²) >= 11 is 0. The molecule has 2 rings (SSSR count). The lowest BCUT2D eigenvalue weighted by atomic mass is 9.74. The van der Waals surface area contributed by atoms with Crippen molar-refractivity contribution in [3.05, 3.63) is 35.9 Å². The average Bonchev–Trinajstić information content (AvgIpc) is 2.58. The standard InChI is InChI=1S/C19H30N2O/c1-4-19(5-2,17-9-7-6-8-10-17)18(22)21-13-11-16(12-14-21)15-20-3/h6-10,16,20H,4-5,11-15H2,1-3H3. The molecule has 0 aromatic heterocycles. The Bertz CT molecular complexity index is 460. The molecule has 1 heterocycles. The van der Waals surface area contributed by atoms with Gasteiger partial charge in [0.05, 0.1) is 5.41 Å². The number of amides is 1. The van der Waals surface area contributed by atoms with Crippen LogP contribution in [0.1, 0.15) is 45.1 Å². The molecule has 1 N–H and O–H groups in total. The van der Waals surface area contributed by atoms with E-state index in [4.69, 9.17) is 0 Å². The van der Waals surface area contributed by atoms with E-state index in [-0.39, 0.29) is 5.41 Å². The first-order valence-corrected chi connectivity index (χ1v) is 8.67. The highest BCUT2D eigenvalue weighted by Gasteiger charge is 2.40. The van der Waals surface area contributed by atoms with E-state index in [1.165, 1.54) is 5.56 Å². The van der Waals surface area contributed by atoms with Crippen molar-refractivity contribution in [3.63, 3.8) is 0 Å². The molecule has 122 valence electrons. The number of likely N-dealkylation sites (tertiary alicyclic amines) is 1. The summed E-state index contributed by atoms with van der Waals surface area (Å²) < 4.78 is 0. The Labute approximate surface area is 135 Å². The number of rotatable bonds is 6. The van der Waals surface area contributed by atoms with Gasteiger partial charge in [0.25, 0.3) is 0 Å². The van der Waals surface area contributed by atoms with Crippen LogP contribution < -0.4 is 5.32 Å². The third-order valence-corrected chi connectivity index (χ3v) is 5.34. The summed E-state index contributed by atoms with van der Waals surface area (Å²) in [5.74, 6) is 1.04. The third kappa shape index (κ3) is 3.35. The summed E-state index contributed by atoms with van der Waals surface area (Å²) in [6.45, 7) is 7.15. The molecule has 22 heavy (non-hydrogen) atoms. The Morgan fingerprint density at radius 3 is 2.27 bits per heavy atom. The van der Waals surface area contributed by atoms with Crippen molar-refractivity contribution in [1.29, 1.82) is 0 Å². The van der Waals surface area contributed by atoms with Gasteiger partial charge in [0.2, 0.25) is 5.91 Å². The minimum atomic E-state index is -0.350. The van der Waals surface area contributed by atoms with E-state index in [9.17, 15) is 4.79 Å². The van der Waals surface area contributed by atoms with Crippen LogP contribution in [0.2, 0.25) is 0 Å². The van der Waals surface area contributed by atoms with Crippen LogP contribution in [0, 0.1) is 5.92 Å². The summed E-state index contributed by atoms with van der Waals surface area (Å²) in [6, 6.07) is 10.3. The molecule has 1 aliphatic rings. The largest absolute Gasteiger partial charge is 0.342 e. The third-order valence-electron chi connectivity index (χ3n) is 5.34. The molecule has 1 fully saturated rings. The quantitative estimate of drug-likeness (QED) is 0.875. The van der Waals surface area contributed by atoms with Crippen LogP contribution in [0.25, 0.3) is 0 Å². The van der Waals surface area contributed by atoms with Gasteiger partial charge in [-0.25, -0.2) is 0 Å². The zero-order valence-electron chi connectivity index (χ0n) is 14.3. The van der Waals surface area contributed by atoms with E-state index < -0.39 is 0 Å². The van der Waals surface area contributed by atoms with Crippen molar-refractivity contribution in [1.82, 2.24) is 10.2 Å². The molecule has 1 saturated heterocycles. The molecular formula is C19H30N2O. The topological polar surface area (TPSA) is 32.3 Å². The van der Waals surface area contributed by atoms with Crippen molar-refractivity contribution < 1.29 is 4.79 Å². The molecule has 0 unspecified atom stereocenters. The van der Waals surface area contributed by atoms with E-state index >= 15 is 0 Å². The maximum Gasteiger partial charge on any atom is 0.233 e. The van der Waals surface area contributed by atoms with Gasteiger partial charge in [0, 0.05) is 13.1 Å². The van der Waals surface area contributed by atoms with Crippen LogP contribution in [-0.2, 0) is 10.2 Å². The Morgan fingerprint density at radius 2 is 1.77 bits per heavy atom. The fourth-order valence-electron chi connectivity index (χ4n) is 3.77. The van der Waals surface area contributed by atoms with Gasteiger partial charge >= 0.3 is 0 Å². The highest BCUT2D eigenvalue weighted by atomic mass is 16.2. The SMILES string of the molecule is CCC(CC)(C(=O)N1CCC(CNC)CC1)c1ccccc1. The average molecular weight is 302 g/mol. The molecule has 0 saturated carbocycles. The van der Waals surface area contributed by atoms with Crippen molar-refractivity contribution in [2.24, 2.45) is 5.92 Å². The number of piperidine rings is 1. The van der Waals surface area contributed by atoms with E-state index in [2.05, 4.69) is 36.2 Å². The summed E-state index contributed by atoms with van der Waals surface area (Å²) in [6.07, 6.45) is 3.96. The maximum absolute atomic E-state index is 13.3. The van der Waals surface area contributed by atoms with Crippen molar-refractivity contribution in [2.45, 2.75) is 44.9 Å². The first-order valence-electron chi connectivity index (χ1n) is 8.67. The molecule has 0 spiro atoms. The van der Waals surface area contributed by atoms with Gasteiger partial charge in [-0.3, -0.25) is 4.79 Å². The van der Waals surface area contributed by atoms with Gasteiger partial charge in [0.15, 0.2) is 0 Å². The molecule has 0 aliphatic carbocycles. The Balaban J connectivity index is 2.14. The summed E-state index contributed by atoms with van der Waals surface area (Å²) in [5.41, 5.74) is 0.819. The predicted octanol–water partition coefficient (Wildman–Crippen LogP) is 3.20. The lowest BCUT2D eigenvalue weighted by Gasteiger charge is -2.40. The smallest absolute Gasteiger partial charge is 0.233 e. The first-order chi connectivity index (χ1) is 10.7. The number of hydrogen-bond donors (Lipinski definition) is 1. The fourth-order valence-corrected chi connectivity index (χ4v) is 3.77. The van der Waals surface area contributed by atoms with Gasteiger partial charge in [-0.2, -0.15) is 0 Å². The lowest BCUT2D eigenvalue weighted by Crippen LogP contribution is -2.49. The summed E-state index contributed by atoms with van der Waals surface area (Å²) in [5, 5.41) is 3.26. The van der Waals surface area contributed by atoms with Gasteiger partial charge in [-0.1, -0.05) is 44.2 Å². The second-order valence-corrected chi connectivity index (χ2v) is 6.45. The molecule has 0 atom stereocenters. The second-order valence-electron chi connectivity index (χ2n) is 6.45. The minimum Gasteiger partial charge on any atom is -0.342 e. The number of nitrogens with zero attached hydrogens (tertiary/aromatic N) is 1. The van der Waals surface area contributed by atoms with E-state index in [1.807, 2.05) is 25.2 Å². The first kappa shape index (κ1) is 17.0. The zero-order chi connectivity index (χ0) is 16.0. The van der Waals surface area contributed by atoms with Crippen LogP contribution in [0.3, 0.4) is 0 Å². The van der Waals surface area contributed by atoms with Crippen LogP contribution in [0.4, 0.5) is 0 Å². The van der Waals surface area contributed by atoms with Crippen LogP contribution in [0.5, 0.6) is 0 Å². The van der Waals surface area contributed by atoms with Crippen molar-refractivity contribution in [2.75, 3.05) is 26.7 Å². The van der Waals surface area contributed by atoms with Gasteiger partial charge in [0.1, 0.15) is 0 Å². The monoisotopic (exact) mass is 302 g/mol. The predicted molar refractivity (Wildman–Crippen MR) is 91.9 cm³/mol. The number of hydrogen-bond acceptors (Lipinski definition) is 2.